The zero-order chi connectivity index (χ0) is 19.3. The first-order valence-electron chi connectivity index (χ1n) is 9.25. The van der Waals surface area contributed by atoms with Gasteiger partial charge >= 0.3 is 0 Å². The third-order valence-electron chi connectivity index (χ3n) is 5.36. The normalized spacial score (nSPS) is 11.4. The topological polar surface area (TPSA) is 21.4 Å². The van der Waals surface area contributed by atoms with E-state index in [1.807, 2.05) is 38.4 Å². The van der Waals surface area contributed by atoms with Gasteiger partial charge in [-0.3, -0.25) is 0 Å². The molecule has 2 aromatic heterocycles. The third-order valence-corrected chi connectivity index (χ3v) is 5.36. The molecule has 0 radical (unpaired) electrons. The molecule has 0 fully saturated rings. The van der Waals surface area contributed by atoms with E-state index in [4.69, 9.17) is 11.0 Å². The smallest absolute Gasteiger partial charge is 0.232 e. The van der Waals surface area contributed by atoms with Crippen LogP contribution >= 0.6 is 0 Å². The maximum atomic E-state index is 7.63. The Morgan fingerprint density at radius 3 is 2.48 bits per heavy atom. The summed E-state index contributed by atoms with van der Waals surface area (Å²) >= 11 is 0. The van der Waals surface area contributed by atoms with E-state index < -0.39 is 0 Å². The van der Waals surface area contributed by atoms with Gasteiger partial charge in [0.15, 0.2) is 6.20 Å². The van der Waals surface area contributed by atoms with Crippen molar-refractivity contribution in [3.05, 3.63) is 70.7 Å². The summed E-state index contributed by atoms with van der Waals surface area (Å²) in [5, 5.41) is 2.17. The minimum atomic E-state index is 0.364. The van der Waals surface area contributed by atoms with Crippen molar-refractivity contribution in [2.24, 2.45) is 7.05 Å². The number of furan rings is 1. The molecule has 0 spiro atoms. The van der Waals surface area contributed by atoms with Crippen LogP contribution < -0.4 is 4.57 Å². The Hall–Kier alpha value is -3.12. The van der Waals surface area contributed by atoms with Gasteiger partial charge in [0, 0.05) is 22.9 Å². The van der Waals surface area contributed by atoms with E-state index in [9.17, 15) is 0 Å². The molecule has 4 aromatic rings. The highest BCUT2D eigenvalue weighted by molar-refractivity contribution is 6.14. The van der Waals surface area contributed by atoms with Crippen LogP contribution in [-0.2, 0) is 7.05 Å². The number of hydrogen-bond donors (Lipinski definition) is 0. The van der Waals surface area contributed by atoms with Crippen LogP contribution in [0.5, 0.6) is 0 Å². The first-order chi connectivity index (χ1) is 12.9. The number of aryl methyl sites for hydroxylation is 3. The predicted octanol–water partition coefficient (Wildman–Crippen LogP) is 6.37. The number of nitrogens with zero attached hydrogens (tertiary/aromatic N) is 2. The number of rotatable bonds is 2. The van der Waals surface area contributed by atoms with Crippen LogP contribution in [0, 0.1) is 20.4 Å². The van der Waals surface area contributed by atoms with Gasteiger partial charge in [0.05, 0.1) is 12.1 Å². The highest BCUT2D eigenvalue weighted by atomic mass is 16.3. The fraction of sp³-hybridized carbons (Fsp3) is 0.250. The second-order valence-corrected chi connectivity index (χ2v) is 7.53. The van der Waals surface area contributed by atoms with Gasteiger partial charge in [0.25, 0.3) is 0 Å². The molecule has 0 aliphatic heterocycles. The highest BCUT2D eigenvalue weighted by Crippen LogP contribution is 2.44. The van der Waals surface area contributed by atoms with Gasteiger partial charge in [-0.05, 0) is 42.5 Å². The highest BCUT2D eigenvalue weighted by Gasteiger charge is 2.25. The Balaban J connectivity index is 2.26. The van der Waals surface area contributed by atoms with E-state index in [-0.39, 0.29) is 0 Å². The molecule has 0 N–H and O–H groups in total. The Bertz CT molecular complexity index is 1240. The zero-order valence-corrected chi connectivity index (χ0v) is 16.4. The average Bonchev–Trinajstić information content (AvgIpc) is 3.01. The van der Waals surface area contributed by atoms with Gasteiger partial charge < -0.3 is 4.42 Å². The molecule has 3 nitrogen and oxygen atoms in total. The van der Waals surface area contributed by atoms with Crippen LogP contribution in [0.15, 0.2) is 47.0 Å². The first-order valence-corrected chi connectivity index (χ1v) is 9.25. The molecule has 3 heteroatoms. The lowest BCUT2D eigenvalue weighted by Gasteiger charge is -2.12. The number of pyridine rings is 1. The SMILES string of the molecule is [C-]#[N+]c1c(C)ccc2c1oc1c(-c3cccc[n+]3C)c(C)cc(C(C)C)c12. The summed E-state index contributed by atoms with van der Waals surface area (Å²) in [4.78, 5) is 3.76. The number of hydrogen-bond acceptors (Lipinski definition) is 1. The largest absolute Gasteiger partial charge is 0.466 e. The van der Waals surface area contributed by atoms with Crippen molar-refractivity contribution in [2.75, 3.05) is 0 Å². The van der Waals surface area contributed by atoms with Crippen molar-refractivity contribution in [1.82, 2.24) is 0 Å². The van der Waals surface area contributed by atoms with Crippen molar-refractivity contribution >= 4 is 27.6 Å². The fourth-order valence-electron chi connectivity index (χ4n) is 3.96. The van der Waals surface area contributed by atoms with Crippen molar-refractivity contribution in [3.8, 4) is 11.3 Å². The molecule has 0 saturated heterocycles. The molecule has 0 unspecified atom stereocenters. The summed E-state index contributed by atoms with van der Waals surface area (Å²) in [5.74, 6) is 0.364. The standard InChI is InChI=1S/C24H23N2O/c1-14(2)18-13-16(4)20(19-9-7-8-12-26(19)6)24-21(18)17-11-10-15(3)22(25-5)23(17)27-24/h7-14H,1-4,6H3/q+1. The van der Waals surface area contributed by atoms with E-state index in [2.05, 4.69) is 48.4 Å². The van der Waals surface area contributed by atoms with Crippen LogP contribution in [0.3, 0.4) is 0 Å². The molecule has 0 aliphatic carbocycles. The van der Waals surface area contributed by atoms with Crippen LogP contribution in [0.2, 0.25) is 0 Å². The molecule has 134 valence electrons. The van der Waals surface area contributed by atoms with Gasteiger partial charge in [-0.1, -0.05) is 32.0 Å². The fourth-order valence-corrected chi connectivity index (χ4v) is 3.96. The first kappa shape index (κ1) is 17.3. The lowest BCUT2D eigenvalue weighted by molar-refractivity contribution is -0.660. The molecule has 2 heterocycles. The van der Waals surface area contributed by atoms with Crippen molar-refractivity contribution in [2.45, 2.75) is 33.6 Å². The maximum absolute atomic E-state index is 7.63. The monoisotopic (exact) mass is 355 g/mol. The average molecular weight is 355 g/mol. The molecular formula is C24H23N2O+. The van der Waals surface area contributed by atoms with Crippen molar-refractivity contribution in [1.29, 1.82) is 0 Å². The summed E-state index contributed by atoms with van der Waals surface area (Å²) in [5.41, 5.74) is 7.80. The zero-order valence-electron chi connectivity index (χ0n) is 16.4. The molecule has 0 atom stereocenters. The summed E-state index contributed by atoms with van der Waals surface area (Å²) in [6.07, 6.45) is 2.05. The Labute approximate surface area is 159 Å². The third kappa shape index (κ3) is 2.52. The Morgan fingerprint density at radius 2 is 1.81 bits per heavy atom. The molecule has 0 amide bonds. The van der Waals surface area contributed by atoms with Gasteiger partial charge in [-0.2, -0.15) is 0 Å². The Morgan fingerprint density at radius 1 is 1.04 bits per heavy atom. The summed E-state index contributed by atoms with van der Waals surface area (Å²) in [7, 11) is 2.05. The number of aromatic nitrogens is 1. The van der Waals surface area contributed by atoms with Crippen LogP contribution in [0.4, 0.5) is 5.69 Å². The summed E-state index contributed by atoms with van der Waals surface area (Å²) in [6.45, 7) is 16.2. The van der Waals surface area contributed by atoms with Crippen LogP contribution in [-0.4, -0.2) is 0 Å². The lowest BCUT2D eigenvalue weighted by Crippen LogP contribution is -2.30. The number of benzene rings is 2. The molecule has 4 rings (SSSR count). The van der Waals surface area contributed by atoms with Gasteiger partial charge in [0.1, 0.15) is 18.2 Å². The van der Waals surface area contributed by atoms with E-state index >= 15 is 0 Å². The molecule has 0 aliphatic rings. The molecule has 0 bridgehead atoms. The van der Waals surface area contributed by atoms with E-state index in [0.29, 0.717) is 17.2 Å². The quantitative estimate of drug-likeness (QED) is 0.302. The van der Waals surface area contributed by atoms with Crippen molar-refractivity contribution in [3.63, 3.8) is 0 Å². The molecule has 2 aromatic carbocycles. The van der Waals surface area contributed by atoms with E-state index in [1.165, 1.54) is 11.1 Å². The van der Waals surface area contributed by atoms with Crippen molar-refractivity contribution < 1.29 is 8.98 Å². The molecule has 0 saturated carbocycles. The van der Waals surface area contributed by atoms with Crippen LogP contribution in [0.25, 0.3) is 38.0 Å². The second-order valence-electron chi connectivity index (χ2n) is 7.53. The second kappa shape index (κ2) is 6.25. The van der Waals surface area contributed by atoms with E-state index in [1.54, 1.807) is 0 Å². The van der Waals surface area contributed by atoms with Gasteiger partial charge in [-0.25, -0.2) is 9.41 Å². The molecule has 27 heavy (non-hydrogen) atoms. The minimum absolute atomic E-state index is 0.364. The minimum Gasteiger partial charge on any atom is -0.466 e. The molecular weight excluding hydrogens is 332 g/mol. The van der Waals surface area contributed by atoms with Crippen LogP contribution in [0.1, 0.15) is 36.5 Å². The summed E-state index contributed by atoms with van der Waals surface area (Å²) < 4.78 is 8.56. The van der Waals surface area contributed by atoms with E-state index in [0.717, 1.165) is 33.2 Å². The Kier molecular flexibility index (Phi) is 4.00. The van der Waals surface area contributed by atoms with Gasteiger partial charge in [-0.15, -0.1) is 0 Å². The maximum Gasteiger partial charge on any atom is 0.232 e. The predicted molar refractivity (Wildman–Crippen MR) is 110 cm³/mol. The summed E-state index contributed by atoms with van der Waals surface area (Å²) in [6, 6.07) is 12.6. The van der Waals surface area contributed by atoms with Gasteiger partial charge in [0.2, 0.25) is 11.4 Å². The number of fused-ring (bicyclic) bond motifs is 3. The lowest BCUT2D eigenvalue weighted by atomic mass is 9.91.